The van der Waals surface area contributed by atoms with E-state index in [9.17, 15) is 0 Å². The van der Waals surface area contributed by atoms with Gasteiger partial charge in [-0.3, -0.25) is 4.57 Å². The second kappa shape index (κ2) is 4.38. The van der Waals surface area contributed by atoms with Crippen molar-refractivity contribution in [1.82, 2.24) is 9.55 Å². The molecule has 0 atom stereocenters. The van der Waals surface area contributed by atoms with Crippen molar-refractivity contribution in [1.29, 1.82) is 0 Å². The molecule has 2 aromatic carbocycles. The molecule has 0 unspecified atom stereocenters. The number of hydrogen-bond acceptors (Lipinski definition) is 2. The maximum Gasteiger partial charge on any atom is 0.111 e. The number of halogens is 1. The maximum atomic E-state index is 5.81. The third-order valence-electron chi connectivity index (χ3n) is 3.19. The minimum absolute atomic E-state index is 0.736. The van der Waals surface area contributed by atoms with Gasteiger partial charge < -0.3 is 5.73 Å². The molecule has 19 heavy (non-hydrogen) atoms. The predicted octanol–water partition coefficient (Wildman–Crippen LogP) is 3.99. The Morgan fingerprint density at radius 2 is 1.89 bits per heavy atom. The Hall–Kier alpha value is -1.81. The highest BCUT2D eigenvalue weighted by Gasteiger charge is 2.11. The zero-order valence-electron chi connectivity index (χ0n) is 10.8. The lowest BCUT2D eigenvalue weighted by Crippen LogP contribution is -1.98. The lowest BCUT2D eigenvalue weighted by molar-refractivity contribution is 0.994. The second-order valence-electron chi connectivity index (χ2n) is 4.70. The zero-order chi connectivity index (χ0) is 13.6. The number of aromatic nitrogens is 2. The molecule has 2 N–H and O–H groups in total. The molecule has 0 fully saturated rings. The van der Waals surface area contributed by atoms with Crippen LogP contribution in [0.4, 0.5) is 5.69 Å². The number of fused-ring (bicyclic) bond motifs is 1. The molecule has 0 aliphatic rings. The third kappa shape index (κ3) is 2.02. The number of nitrogens with two attached hydrogens (primary N) is 1. The molecule has 4 heteroatoms. The number of imidazole rings is 1. The first-order chi connectivity index (χ1) is 9.06. The standard InChI is InChI=1S/C15H14BrN3/c1-9-3-5-14(12(16)7-9)19-10(2)18-13-8-11(17)4-6-15(13)19/h3-8H,17H2,1-2H3. The van der Waals surface area contributed by atoms with E-state index < -0.39 is 0 Å². The van der Waals surface area contributed by atoms with Crippen molar-refractivity contribution >= 4 is 32.7 Å². The van der Waals surface area contributed by atoms with E-state index in [2.05, 4.69) is 50.6 Å². The average Bonchev–Trinajstić information content (AvgIpc) is 2.65. The van der Waals surface area contributed by atoms with Crippen LogP contribution in [0.15, 0.2) is 40.9 Å². The molecule has 1 heterocycles. The molecule has 96 valence electrons. The normalized spacial score (nSPS) is 11.1. The van der Waals surface area contributed by atoms with Gasteiger partial charge in [0.2, 0.25) is 0 Å². The molecule has 3 rings (SSSR count). The van der Waals surface area contributed by atoms with Crippen LogP contribution in [0.2, 0.25) is 0 Å². The van der Waals surface area contributed by atoms with E-state index in [1.54, 1.807) is 0 Å². The van der Waals surface area contributed by atoms with E-state index in [1.165, 1.54) is 5.56 Å². The van der Waals surface area contributed by atoms with E-state index in [4.69, 9.17) is 5.73 Å². The van der Waals surface area contributed by atoms with Gasteiger partial charge in [0.15, 0.2) is 0 Å². The van der Waals surface area contributed by atoms with E-state index in [0.717, 1.165) is 32.7 Å². The fourth-order valence-electron chi connectivity index (χ4n) is 2.32. The van der Waals surface area contributed by atoms with E-state index in [1.807, 2.05) is 25.1 Å². The second-order valence-corrected chi connectivity index (χ2v) is 5.55. The zero-order valence-corrected chi connectivity index (χ0v) is 12.4. The van der Waals surface area contributed by atoms with Crippen LogP contribution in [0.1, 0.15) is 11.4 Å². The van der Waals surface area contributed by atoms with Crippen molar-refractivity contribution in [2.45, 2.75) is 13.8 Å². The van der Waals surface area contributed by atoms with Crippen molar-refractivity contribution in [3.8, 4) is 5.69 Å². The van der Waals surface area contributed by atoms with E-state index in [-0.39, 0.29) is 0 Å². The van der Waals surface area contributed by atoms with Crippen LogP contribution in [0, 0.1) is 13.8 Å². The maximum absolute atomic E-state index is 5.81. The molecular weight excluding hydrogens is 302 g/mol. The summed E-state index contributed by atoms with van der Waals surface area (Å²) in [6.45, 7) is 4.08. The first-order valence-electron chi connectivity index (χ1n) is 6.07. The van der Waals surface area contributed by atoms with Gasteiger partial charge in [-0.25, -0.2) is 4.98 Å². The number of benzene rings is 2. The summed E-state index contributed by atoms with van der Waals surface area (Å²) < 4.78 is 3.20. The Labute approximate surface area is 120 Å². The van der Waals surface area contributed by atoms with Gasteiger partial charge >= 0.3 is 0 Å². The molecule has 0 aliphatic heterocycles. The van der Waals surface area contributed by atoms with Gasteiger partial charge in [0, 0.05) is 10.2 Å². The van der Waals surface area contributed by atoms with Gasteiger partial charge in [0.05, 0.1) is 16.7 Å². The van der Waals surface area contributed by atoms with Crippen molar-refractivity contribution in [2.75, 3.05) is 5.73 Å². The molecule has 0 bridgehead atoms. The smallest absolute Gasteiger partial charge is 0.111 e. The van der Waals surface area contributed by atoms with E-state index in [0.29, 0.717) is 0 Å². The van der Waals surface area contributed by atoms with Crippen LogP contribution in [-0.2, 0) is 0 Å². The highest BCUT2D eigenvalue weighted by Crippen LogP contribution is 2.28. The summed E-state index contributed by atoms with van der Waals surface area (Å²) >= 11 is 3.63. The Bertz CT molecular complexity index is 774. The summed E-state index contributed by atoms with van der Waals surface area (Å²) in [5.74, 6) is 0.949. The van der Waals surface area contributed by atoms with Gasteiger partial charge in [0.1, 0.15) is 5.82 Å². The summed E-state index contributed by atoms with van der Waals surface area (Å²) in [6, 6.07) is 12.1. The van der Waals surface area contributed by atoms with Crippen LogP contribution in [-0.4, -0.2) is 9.55 Å². The molecule has 0 radical (unpaired) electrons. The largest absolute Gasteiger partial charge is 0.399 e. The average molecular weight is 316 g/mol. The minimum Gasteiger partial charge on any atom is -0.399 e. The van der Waals surface area contributed by atoms with Gasteiger partial charge in [-0.05, 0) is 65.7 Å². The topological polar surface area (TPSA) is 43.8 Å². The van der Waals surface area contributed by atoms with Gasteiger partial charge in [-0.15, -0.1) is 0 Å². The van der Waals surface area contributed by atoms with Gasteiger partial charge in [-0.2, -0.15) is 0 Å². The lowest BCUT2D eigenvalue weighted by Gasteiger charge is -2.10. The number of hydrogen-bond donors (Lipinski definition) is 1. The van der Waals surface area contributed by atoms with Gasteiger partial charge in [-0.1, -0.05) is 6.07 Å². The van der Waals surface area contributed by atoms with Crippen LogP contribution in [0.5, 0.6) is 0 Å². The summed E-state index contributed by atoms with van der Waals surface area (Å²) in [6.07, 6.45) is 0. The summed E-state index contributed by atoms with van der Waals surface area (Å²) in [5, 5.41) is 0. The van der Waals surface area contributed by atoms with Crippen molar-refractivity contribution in [2.24, 2.45) is 0 Å². The molecule has 0 aliphatic carbocycles. The first kappa shape index (κ1) is 12.2. The monoisotopic (exact) mass is 315 g/mol. The van der Waals surface area contributed by atoms with Crippen LogP contribution >= 0.6 is 15.9 Å². The Kier molecular flexibility index (Phi) is 2.82. The van der Waals surface area contributed by atoms with Crippen LogP contribution in [0.25, 0.3) is 16.7 Å². The fourth-order valence-corrected chi connectivity index (χ4v) is 2.99. The molecular formula is C15H14BrN3. The van der Waals surface area contributed by atoms with E-state index >= 15 is 0 Å². The summed E-state index contributed by atoms with van der Waals surface area (Å²) in [7, 11) is 0. The Morgan fingerprint density at radius 1 is 1.11 bits per heavy atom. The first-order valence-corrected chi connectivity index (χ1v) is 6.86. The third-order valence-corrected chi connectivity index (χ3v) is 3.83. The molecule has 1 aromatic heterocycles. The number of rotatable bonds is 1. The summed E-state index contributed by atoms with van der Waals surface area (Å²) in [5.41, 5.74) is 10.9. The quantitative estimate of drug-likeness (QED) is 0.690. The molecule has 0 amide bonds. The lowest BCUT2D eigenvalue weighted by atomic mass is 10.2. The van der Waals surface area contributed by atoms with Crippen molar-refractivity contribution < 1.29 is 0 Å². The van der Waals surface area contributed by atoms with Crippen molar-refractivity contribution in [3.05, 3.63) is 52.3 Å². The fraction of sp³-hybridized carbons (Fsp3) is 0.133. The number of nitrogen functional groups attached to an aromatic ring is 1. The molecule has 3 nitrogen and oxygen atoms in total. The highest BCUT2D eigenvalue weighted by atomic mass is 79.9. The number of aryl methyl sites for hydroxylation is 2. The summed E-state index contributed by atoms with van der Waals surface area (Å²) in [4.78, 5) is 4.58. The Morgan fingerprint density at radius 3 is 2.63 bits per heavy atom. The minimum atomic E-state index is 0.736. The van der Waals surface area contributed by atoms with Crippen LogP contribution < -0.4 is 5.73 Å². The predicted molar refractivity (Wildman–Crippen MR) is 82.7 cm³/mol. The molecule has 3 aromatic rings. The molecule has 0 spiro atoms. The van der Waals surface area contributed by atoms with Crippen LogP contribution in [0.3, 0.4) is 0 Å². The Balaban J connectivity index is 2.33. The van der Waals surface area contributed by atoms with Gasteiger partial charge in [0.25, 0.3) is 0 Å². The molecule has 0 saturated carbocycles. The van der Waals surface area contributed by atoms with Crippen molar-refractivity contribution in [3.63, 3.8) is 0 Å². The highest BCUT2D eigenvalue weighted by molar-refractivity contribution is 9.10. The number of anilines is 1. The SMILES string of the molecule is Cc1ccc(-n2c(C)nc3cc(N)ccc32)c(Br)c1. The number of nitrogens with zero attached hydrogens (tertiary/aromatic N) is 2. The molecule has 0 saturated heterocycles.